The molecule has 0 aromatic heterocycles. The van der Waals surface area contributed by atoms with Crippen molar-refractivity contribution in [3.05, 3.63) is 11.6 Å². The van der Waals surface area contributed by atoms with E-state index >= 15 is 4.79 Å². The summed E-state index contributed by atoms with van der Waals surface area (Å²) in [5.74, 6) is -2.49. The van der Waals surface area contributed by atoms with Crippen molar-refractivity contribution in [1.82, 2.24) is 0 Å². The summed E-state index contributed by atoms with van der Waals surface area (Å²) in [6.45, 7) is 10.2. The number of allylic oxidation sites excluding steroid dienone is 2. The van der Waals surface area contributed by atoms with Crippen LogP contribution in [0.4, 0.5) is 0 Å². The molecule has 24 heteroatoms. The Morgan fingerprint density at radius 3 is 1.84 bits per heavy atom. The molecule has 28 atom stereocenters. The van der Waals surface area contributed by atoms with Crippen LogP contribution in [-0.2, 0) is 47.5 Å². The molecule has 440 valence electrons. The molecule has 0 unspecified atom stereocenters. The SMILES string of the molecule is CC1(C)CC[C@]2(C(=O)O[C@@H]3O[C@H](CO[C@@H]4O[C@H](CO)[C@@H](O)[C@H](O)[C@H]4O)[C@@H](O)[C@H](O[C@@H]4O[C@H](CO)[C@@H](O)[C@H](O)[C@H]4O)[C@H]3O)CC[C@]3(C)C(=CC[C@@H]4[C@@]5(C)CC[C@H](O[C@@H]6OC[C@@H](O)[C@H](O)[C@H]6O)[C@@](C)(C(=O)O)[C@@H]5CC[C@]43C)[C@@H]2C1. The number of aliphatic hydroxyl groups is 13. The van der Waals surface area contributed by atoms with Crippen molar-refractivity contribution in [3.63, 3.8) is 0 Å². The van der Waals surface area contributed by atoms with Gasteiger partial charge >= 0.3 is 11.9 Å². The predicted molar refractivity (Wildman–Crippen MR) is 259 cm³/mol. The van der Waals surface area contributed by atoms with Crippen molar-refractivity contribution >= 4 is 11.9 Å². The van der Waals surface area contributed by atoms with Gasteiger partial charge in [0.2, 0.25) is 6.29 Å². The van der Waals surface area contributed by atoms with Gasteiger partial charge in [-0.25, -0.2) is 0 Å². The number of carboxylic acid groups (broad SMARTS) is 1. The van der Waals surface area contributed by atoms with Crippen molar-refractivity contribution in [2.45, 2.75) is 229 Å². The van der Waals surface area contributed by atoms with Gasteiger partial charge in [0.05, 0.1) is 43.4 Å². The average molecular weight is 1110 g/mol. The van der Waals surface area contributed by atoms with Gasteiger partial charge in [0.15, 0.2) is 18.9 Å². The molecule has 14 N–H and O–H groups in total. The first kappa shape index (κ1) is 59.5. The third-order valence-electron chi connectivity index (χ3n) is 21.1. The van der Waals surface area contributed by atoms with Crippen molar-refractivity contribution < 1.29 is 119 Å². The quantitative estimate of drug-likeness (QED) is 0.0554. The van der Waals surface area contributed by atoms with Gasteiger partial charge < -0.3 is 109 Å². The first-order chi connectivity index (χ1) is 36.0. The van der Waals surface area contributed by atoms with Gasteiger partial charge in [0.1, 0.15) is 91.6 Å². The number of hydrogen-bond acceptors (Lipinski definition) is 23. The van der Waals surface area contributed by atoms with Crippen LogP contribution in [0.5, 0.6) is 0 Å². The molecule has 24 nitrogen and oxygen atoms in total. The number of ether oxygens (including phenoxy) is 8. The number of esters is 1. The lowest BCUT2D eigenvalue weighted by Gasteiger charge is -2.71. The number of fused-ring (bicyclic) bond motifs is 7. The van der Waals surface area contributed by atoms with Crippen molar-refractivity contribution in [1.29, 1.82) is 0 Å². The molecular formula is C53H84O24. The maximum Gasteiger partial charge on any atom is 0.315 e. The van der Waals surface area contributed by atoms with E-state index in [1.54, 1.807) is 6.92 Å². The molecule has 0 aromatic carbocycles. The fraction of sp³-hybridized carbons (Fsp3) is 0.925. The van der Waals surface area contributed by atoms with Gasteiger partial charge in [0, 0.05) is 0 Å². The lowest BCUT2D eigenvalue weighted by atomic mass is 9.33. The average Bonchev–Trinajstić information content (AvgIpc) is 3.58. The van der Waals surface area contributed by atoms with E-state index < -0.39 is 182 Å². The highest BCUT2D eigenvalue weighted by atomic mass is 16.8. The minimum absolute atomic E-state index is 0.00774. The molecule has 77 heavy (non-hydrogen) atoms. The fourth-order valence-electron chi connectivity index (χ4n) is 16.1. The van der Waals surface area contributed by atoms with E-state index in [1.165, 1.54) is 0 Å². The molecule has 4 saturated carbocycles. The summed E-state index contributed by atoms with van der Waals surface area (Å²) >= 11 is 0. The smallest absolute Gasteiger partial charge is 0.315 e. The summed E-state index contributed by atoms with van der Waals surface area (Å²) in [6, 6.07) is 0. The molecular weight excluding hydrogens is 1020 g/mol. The molecule has 9 rings (SSSR count). The van der Waals surface area contributed by atoms with Crippen LogP contribution in [-0.4, -0.2) is 233 Å². The first-order valence-corrected chi connectivity index (χ1v) is 27.4. The largest absolute Gasteiger partial charge is 0.481 e. The minimum Gasteiger partial charge on any atom is -0.481 e. The molecule has 5 aliphatic carbocycles. The third kappa shape index (κ3) is 9.65. The van der Waals surface area contributed by atoms with Crippen molar-refractivity contribution in [2.75, 3.05) is 26.4 Å². The van der Waals surface area contributed by atoms with E-state index in [2.05, 4.69) is 40.7 Å². The maximum absolute atomic E-state index is 15.4. The normalized spacial score (nSPS) is 53.6. The van der Waals surface area contributed by atoms with Crippen LogP contribution < -0.4 is 0 Å². The zero-order valence-corrected chi connectivity index (χ0v) is 44.6. The molecule has 4 aliphatic heterocycles. The molecule has 0 radical (unpaired) electrons. The van der Waals surface area contributed by atoms with Gasteiger partial charge in [-0.3, -0.25) is 9.59 Å². The number of carbonyl (C=O) groups excluding carboxylic acids is 1. The van der Waals surface area contributed by atoms with Crippen LogP contribution in [0.25, 0.3) is 0 Å². The summed E-state index contributed by atoms with van der Waals surface area (Å²) in [5.41, 5.74) is -3.10. The Morgan fingerprint density at radius 1 is 0.610 bits per heavy atom. The van der Waals surface area contributed by atoms with Crippen molar-refractivity contribution in [3.8, 4) is 0 Å². The minimum atomic E-state index is -2.02. The van der Waals surface area contributed by atoms with Gasteiger partial charge in [-0.1, -0.05) is 46.3 Å². The predicted octanol–water partition coefficient (Wildman–Crippen LogP) is -2.33. The summed E-state index contributed by atoms with van der Waals surface area (Å²) in [6.07, 6.45) is -25.9. The molecule has 8 fully saturated rings. The molecule has 0 aromatic rings. The third-order valence-corrected chi connectivity index (χ3v) is 21.1. The molecule has 0 amide bonds. The number of aliphatic hydroxyl groups excluding tert-OH is 13. The van der Waals surface area contributed by atoms with E-state index in [9.17, 15) is 76.3 Å². The van der Waals surface area contributed by atoms with Crippen LogP contribution in [0.15, 0.2) is 11.6 Å². The lowest BCUT2D eigenvalue weighted by molar-refractivity contribution is -0.363. The summed E-state index contributed by atoms with van der Waals surface area (Å²) < 4.78 is 47.0. The second-order valence-corrected chi connectivity index (χ2v) is 25.6. The van der Waals surface area contributed by atoms with Crippen molar-refractivity contribution in [2.24, 2.45) is 50.2 Å². The maximum atomic E-state index is 15.4. The second kappa shape index (κ2) is 21.6. The highest BCUT2D eigenvalue weighted by Crippen LogP contribution is 2.76. The van der Waals surface area contributed by atoms with E-state index in [0.29, 0.717) is 64.2 Å². The van der Waals surface area contributed by atoms with Gasteiger partial charge in [0.25, 0.3) is 0 Å². The van der Waals surface area contributed by atoms with E-state index in [4.69, 9.17) is 37.9 Å². The number of rotatable bonds is 12. The zero-order chi connectivity index (χ0) is 56.3. The highest BCUT2D eigenvalue weighted by molar-refractivity contribution is 5.79. The molecule has 9 aliphatic rings. The Labute approximate surface area is 446 Å². The van der Waals surface area contributed by atoms with Gasteiger partial charge in [-0.05, 0) is 111 Å². The molecule has 4 saturated heterocycles. The Hall–Kier alpha value is -2.12. The Kier molecular flexibility index (Phi) is 16.7. The lowest BCUT2D eigenvalue weighted by Crippen LogP contribution is -2.67. The van der Waals surface area contributed by atoms with Crippen LogP contribution in [0.3, 0.4) is 0 Å². The highest BCUT2D eigenvalue weighted by Gasteiger charge is 2.72. The summed E-state index contributed by atoms with van der Waals surface area (Å²) in [5, 5.41) is 149. The molecule has 4 heterocycles. The van der Waals surface area contributed by atoms with Crippen LogP contribution in [0.2, 0.25) is 0 Å². The summed E-state index contributed by atoms with van der Waals surface area (Å²) in [4.78, 5) is 29.1. The number of aliphatic carboxylic acids is 1. The monoisotopic (exact) mass is 1100 g/mol. The number of hydrogen-bond donors (Lipinski definition) is 14. The number of carboxylic acids is 1. The summed E-state index contributed by atoms with van der Waals surface area (Å²) in [7, 11) is 0. The van der Waals surface area contributed by atoms with Crippen LogP contribution in [0.1, 0.15) is 106 Å². The zero-order valence-electron chi connectivity index (χ0n) is 44.6. The number of carbonyl (C=O) groups is 2. The Morgan fingerprint density at radius 2 is 1.21 bits per heavy atom. The van der Waals surface area contributed by atoms with E-state index in [0.717, 1.165) is 5.57 Å². The van der Waals surface area contributed by atoms with E-state index in [1.807, 2.05) is 0 Å². The van der Waals surface area contributed by atoms with Gasteiger partial charge in [-0.2, -0.15) is 0 Å². The van der Waals surface area contributed by atoms with Crippen LogP contribution in [0, 0.1) is 50.2 Å². The Bertz CT molecular complexity index is 2160. The fourth-order valence-corrected chi connectivity index (χ4v) is 16.1. The standard InChI is InChI=1S/C53H84O24/c1-48(2)13-15-53(47(69)77-45-40(66)41(76-44-39(65)36(62)33(59)26(19-55)73-44)34(60)27(74-45)21-71-42-38(64)35(61)32(58)25(18-54)72-42)16-14-50(4)22(23(53)17-48)7-8-28-49(3)11-10-30(75-43-37(63)31(57)24(56)20-70-43)52(6,46(67)68)29(49)9-12-51(28,50)5/h7,23-45,54-66H,8-21H2,1-6H3,(H,67,68)/t23-,24+,25+,26+,27+,28+,29+,30-,31-,32+,33+,34+,35-,36-,37+,38+,39+,40+,41-,42+,43-,44-,45-,49+,50+,51+,52-,53-/m0/s1. The topological polar surface area (TPSA) is 391 Å². The second-order valence-electron chi connectivity index (χ2n) is 25.6. The molecule has 0 spiro atoms. The van der Waals surface area contributed by atoms with Crippen LogP contribution >= 0.6 is 0 Å². The van der Waals surface area contributed by atoms with Gasteiger partial charge in [-0.15, -0.1) is 0 Å². The first-order valence-electron chi connectivity index (χ1n) is 27.4. The van der Waals surface area contributed by atoms with E-state index in [-0.39, 0.29) is 29.8 Å². The Balaban J connectivity index is 0.992. The molecule has 0 bridgehead atoms.